The van der Waals surface area contributed by atoms with Gasteiger partial charge in [-0.15, -0.1) is 0 Å². The summed E-state index contributed by atoms with van der Waals surface area (Å²) in [6.07, 6.45) is 4.14. The van der Waals surface area contributed by atoms with E-state index in [-0.39, 0.29) is 19.4 Å². The lowest BCUT2D eigenvalue weighted by atomic mass is 10.0. The highest BCUT2D eigenvalue weighted by Gasteiger charge is 2.26. The SMILES string of the molecule is C.CN[C@@H](CC(C)C)C(=O)N1CCC(=NOCc2ccccn2)CC1. The summed E-state index contributed by atoms with van der Waals surface area (Å²) in [5.74, 6) is 0.688. The van der Waals surface area contributed by atoms with Gasteiger partial charge in [-0.3, -0.25) is 9.78 Å². The quantitative estimate of drug-likeness (QED) is 0.770. The summed E-state index contributed by atoms with van der Waals surface area (Å²) in [6.45, 7) is 6.07. The van der Waals surface area contributed by atoms with E-state index >= 15 is 0 Å². The van der Waals surface area contributed by atoms with E-state index in [0.717, 1.165) is 30.7 Å². The minimum Gasteiger partial charge on any atom is -0.389 e. The molecule has 1 N–H and O–H groups in total. The second-order valence-electron chi connectivity index (χ2n) is 6.55. The lowest BCUT2D eigenvalue weighted by Gasteiger charge is -2.31. The molecule has 1 aromatic rings. The summed E-state index contributed by atoms with van der Waals surface area (Å²) >= 11 is 0. The molecule has 0 aliphatic carbocycles. The number of hydrogen-bond acceptors (Lipinski definition) is 5. The number of pyridine rings is 1. The molecular weight excluding hydrogens is 316 g/mol. The van der Waals surface area contributed by atoms with Gasteiger partial charge >= 0.3 is 0 Å². The Hall–Kier alpha value is -1.95. The average Bonchev–Trinajstić information content (AvgIpc) is 2.60. The summed E-state index contributed by atoms with van der Waals surface area (Å²) in [6, 6.07) is 5.62. The van der Waals surface area contributed by atoms with Crippen molar-refractivity contribution in [1.29, 1.82) is 0 Å². The van der Waals surface area contributed by atoms with E-state index in [2.05, 4.69) is 29.3 Å². The maximum atomic E-state index is 12.6. The Balaban J connectivity index is 0.00000312. The van der Waals surface area contributed by atoms with Crippen molar-refractivity contribution in [3.63, 3.8) is 0 Å². The van der Waals surface area contributed by atoms with E-state index in [4.69, 9.17) is 4.84 Å². The Morgan fingerprint density at radius 1 is 1.36 bits per heavy atom. The van der Waals surface area contributed by atoms with E-state index < -0.39 is 0 Å². The number of aromatic nitrogens is 1. The fourth-order valence-corrected chi connectivity index (χ4v) is 2.78. The van der Waals surface area contributed by atoms with Gasteiger partial charge in [0, 0.05) is 32.1 Å². The number of nitrogens with zero attached hydrogens (tertiary/aromatic N) is 3. The Morgan fingerprint density at radius 2 is 2.08 bits per heavy atom. The minimum atomic E-state index is -0.0936. The number of carbonyl (C=O) groups excluding carboxylic acids is 1. The smallest absolute Gasteiger partial charge is 0.239 e. The molecule has 6 heteroatoms. The van der Waals surface area contributed by atoms with Crippen LogP contribution < -0.4 is 5.32 Å². The molecule has 2 rings (SSSR count). The molecule has 1 saturated heterocycles. The zero-order valence-corrected chi connectivity index (χ0v) is 14.9. The summed E-state index contributed by atoms with van der Waals surface area (Å²) < 4.78 is 0. The topological polar surface area (TPSA) is 66.8 Å². The van der Waals surface area contributed by atoms with Crippen LogP contribution in [0.25, 0.3) is 0 Å². The third kappa shape index (κ3) is 6.82. The number of nitrogens with one attached hydrogen (secondary N) is 1. The molecule has 1 atom stereocenters. The largest absolute Gasteiger partial charge is 0.389 e. The molecule has 1 aromatic heterocycles. The second-order valence-corrected chi connectivity index (χ2v) is 6.55. The third-order valence-electron chi connectivity index (χ3n) is 4.14. The van der Waals surface area contributed by atoms with E-state index in [0.29, 0.717) is 25.6 Å². The Labute approximate surface area is 151 Å². The van der Waals surface area contributed by atoms with Crippen LogP contribution >= 0.6 is 0 Å². The van der Waals surface area contributed by atoms with Crippen molar-refractivity contribution in [2.45, 2.75) is 53.2 Å². The normalized spacial score (nSPS) is 15.5. The maximum Gasteiger partial charge on any atom is 0.239 e. The van der Waals surface area contributed by atoms with Gasteiger partial charge in [-0.05, 0) is 31.5 Å². The summed E-state index contributed by atoms with van der Waals surface area (Å²) in [5.41, 5.74) is 1.87. The Kier molecular flexibility index (Phi) is 9.13. The van der Waals surface area contributed by atoms with Crippen molar-refractivity contribution in [3.05, 3.63) is 30.1 Å². The molecule has 0 bridgehead atoms. The molecule has 1 aliphatic rings. The number of hydrogen-bond donors (Lipinski definition) is 1. The molecule has 0 saturated carbocycles. The highest BCUT2D eigenvalue weighted by atomic mass is 16.6. The van der Waals surface area contributed by atoms with Crippen LogP contribution in [0.2, 0.25) is 0 Å². The molecule has 1 fully saturated rings. The molecule has 0 spiro atoms. The minimum absolute atomic E-state index is 0. The Bertz CT molecular complexity index is 536. The first-order valence-electron chi connectivity index (χ1n) is 8.63. The van der Waals surface area contributed by atoms with Crippen LogP contribution in [0.4, 0.5) is 0 Å². The predicted octanol–water partition coefficient (Wildman–Crippen LogP) is 2.85. The maximum absolute atomic E-state index is 12.6. The van der Waals surface area contributed by atoms with Gasteiger partial charge in [-0.1, -0.05) is 32.5 Å². The molecule has 2 heterocycles. The molecule has 1 amide bonds. The van der Waals surface area contributed by atoms with Crippen molar-refractivity contribution >= 4 is 11.6 Å². The summed E-state index contributed by atoms with van der Waals surface area (Å²) in [7, 11) is 1.85. The molecule has 1 aliphatic heterocycles. The lowest BCUT2D eigenvalue weighted by Crippen LogP contribution is -2.48. The first kappa shape index (κ1) is 21.1. The predicted molar refractivity (Wildman–Crippen MR) is 101 cm³/mol. The van der Waals surface area contributed by atoms with Crippen LogP contribution in [0.1, 0.15) is 46.2 Å². The van der Waals surface area contributed by atoms with Gasteiger partial charge in [0.15, 0.2) is 6.61 Å². The van der Waals surface area contributed by atoms with Gasteiger partial charge in [0.05, 0.1) is 17.4 Å². The zero-order chi connectivity index (χ0) is 17.4. The standard InChI is InChI=1S/C18H28N4O2.CH4/c1-14(2)12-17(19-3)18(23)22-10-7-15(8-11-22)21-24-13-16-6-4-5-9-20-16;/h4-6,9,14,17,19H,7-8,10-13H2,1-3H3;1H4/t17-;/m0./s1. The van der Waals surface area contributed by atoms with Crippen molar-refractivity contribution in [2.24, 2.45) is 11.1 Å². The molecule has 0 unspecified atom stereocenters. The van der Waals surface area contributed by atoms with Crippen LogP contribution in [-0.2, 0) is 16.2 Å². The van der Waals surface area contributed by atoms with Gasteiger partial charge in [0.1, 0.15) is 0 Å². The highest BCUT2D eigenvalue weighted by Crippen LogP contribution is 2.13. The lowest BCUT2D eigenvalue weighted by molar-refractivity contribution is -0.133. The number of likely N-dealkylation sites (tertiary alicyclic amines) is 1. The van der Waals surface area contributed by atoms with Crippen LogP contribution in [-0.4, -0.2) is 47.7 Å². The number of oxime groups is 1. The van der Waals surface area contributed by atoms with Crippen LogP contribution in [0, 0.1) is 5.92 Å². The van der Waals surface area contributed by atoms with Crippen molar-refractivity contribution < 1.29 is 9.63 Å². The molecule has 140 valence electrons. The monoisotopic (exact) mass is 348 g/mol. The first-order chi connectivity index (χ1) is 11.6. The van der Waals surface area contributed by atoms with Gasteiger partial charge in [-0.25, -0.2) is 0 Å². The van der Waals surface area contributed by atoms with E-state index in [9.17, 15) is 4.79 Å². The number of piperidine rings is 1. The van der Waals surface area contributed by atoms with Gasteiger partial charge in [0.2, 0.25) is 5.91 Å². The second kappa shape index (κ2) is 10.8. The highest BCUT2D eigenvalue weighted by molar-refractivity contribution is 5.88. The van der Waals surface area contributed by atoms with Gasteiger partial charge in [-0.2, -0.15) is 0 Å². The zero-order valence-electron chi connectivity index (χ0n) is 14.9. The third-order valence-corrected chi connectivity index (χ3v) is 4.14. The molecular formula is C19H32N4O2. The first-order valence-corrected chi connectivity index (χ1v) is 8.63. The van der Waals surface area contributed by atoms with E-state index in [1.807, 2.05) is 30.1 Å². The average molecular weight is 348 g/mol. The number of rotatable bonds is 7. The molecule has 0 radical (unpaired) electrons. The number of likely N-dealkylation sites (N-methyl/N-ethyl adjacent to an activating group) is 1. The van der Waals surface area contributed by atoms with E-state index in [1.165, 1.54) is 0 Å². The molecule has 25 heavy (non-hydrogen) atoms. The van der Waals surface area contributed by atoms with Crippen molar-refractivity contribution in [1.82, 2.24) is 15.2 Å². The van der Waals surface area contributed by atoms with Crippen LogP contribution in [0.5, 0.6) is 0 Å². The van der Waals surface area contributed by atoms with Gasteiger partial charge in [0.25, 0.3) is 0 Å². The summed E-state index contributed by atoms with van der Waals surface area (Å²) in [4.78, 5) is 24.1. The van der Waals surface area contributed by atoms with Crippen LogP contribution in [0.15, 0.2) is 29.6 Å². The molecule has 0 aromatic carbocycles. The van der Waals surface area contributed by atoms with Crippen molar-refractivity contribution in [3.8, 4) is 0 Å². The molecule has 6 nitrogen and oxygen atoms in total. The van der Waals surface area contributed by atoms with Gasteiger partial charge < -0.3 is 15.1 Å². The Morgan fingerprint density at radius 3 is 2.64 bits per heavy atom. The van der Waals surface area contributed by atoms with E-state index in [1.54, 1.807) is 6.20 Å². The fourth-order valence-electron chi connectivity index (χ4n) is 2.78. The summed E-state index contributed by atoms with van der Waals surface area (Å²) in [5, 5.41) is 7.35. The van der Waals surface area contributed by atoms with Crippen LogP contribution in [0.3, 0.4) is 0 Å². The number of carbonyl (C=O) groups is 1. The fraction of sp³-hybridized carbons (Fsp3) is 0.632. The van der Waals surface area contributed by atoms with Crippen molar-refractivity contribution in [2.75, 3.05) is 20.1 Å². The number of amides is 1.